The van der Waals surface area contributed by atoms with Crippen molar-refractivity contribution in [2.24, 2.45) is 0 Å². The van der Waals surface area contributed by atoms with Gasteiger partial charge in [0.25, 0.3) is 0 Å². The molecule has 5 heteroatoms. The van der Waals surface area contributed by atoms with E-state index < -0.39 is 5.67 Å². The number of alkyl halides is 1. The second-order valence-electron chi connectivity index (χ2n) is 6.26. The van der Waals surface area contributed by atoms with Crippen molar-refractivity contribution in [3.8, 4) is 17.1 Å². The van der Waals surface area contributed by atoms with E-state index >= 15 is 0 Å². The molecule has 0 fully saturated rings. The van der Waals surface area contributed by atoms with E-state index in [2.05, 4.69) is 27.5 Å². The summed E-state index contributed by atoms with van der Waals surface area (Å²) in [4.78, 5) is 4.37. The summed E-state index contributed by atoms with van der Waals surface area (Å²) in [5.41, 5.74) is 2.33. The van der Waals surface area contributed by atoms with Gasteiger partial charge in [0, 0.05) is 12.1 Å². The van der Waals surface area contributed by atoms with Crippen LogP contribution in [0.2, 0.25) is 0 Å². The molecule has 0 saturated carbocycles. The fraction of sp³-hybridized carbons (Fsp3) is 0.263. The first kappa shape index (κ1) is 16.3. The highest BCUT2D eigenvalue weighted by Gasteiger charge is 2.18. The maximum atomic E-state index is 13.9. The monoisotopic (exact) mass is 324 g/mol. The average molecular weight is 324 g/mol. The molecule has 0 aliphatic carbocycles. The van der Waals surface area contributed by atoms with E-state index in [4.69, 9.17) is 0 Å². The molecule has 4 nitrogen and oxygen atoms in total. The summed E-state index contributed by atoms with van der Waals surface area (Å²) in [7, 11) is 1.92. The fourth-order valence-electron chi connectivity index (χ4n) is 2.51. The van der Waals surface area contributed by atoms with E-state index in [0.29, 0.717) is 11.4 Å². The Hall–Kier alpha value is -2.53. The predicted molar refractivity (Wildman–Crippen MR) is 93.7 cm³/mol. The van der Waals surface area contributed by atoms with Crippen molar-refractivity contribution < 1.29 is 4.39 Å². The molecule has 1 heterocycles. The van der Waals surface area contributed by atoms with Crippen molar-refractivity contribution in [1.82, 2.24) is 20.1 Å². The summed E-state index contributed by atoms with van der Waals surface area (Å²) in [6, 6.07) is 15.4. The molecule has 0 aliphatic heterocycles. The Labute approximate surface area is 141 Å². The van der Waals surface area contributed by atoms with Gasteiger partial charge in [0.05, 0.1) is 5.69 Å². The fourth-order valence-corrected chi connectivity index (χ4v) is 2.51. The van der Waals surface area contributed by atoms with Gasteiger partial charge in [-0.3, -0.25) is 0 Å². The van der Waals surface area contributed by atoms with Crippen LogP contribution in [-0.4, -0.2) is 21.8 Å². The zero-order chi connectivity index (χ0) is 17.2. The van der Waals surface area contributed by atoms with Gasteiger partial charge in [-0.15, -0.1) is 5.10 Å². The Morgan fingerprint density at radius 1 is 1.04 bits per heavy atom. The maximum Gasteiger partial charge on any atom is 0.181 e. The first-order chi connectivity index (χ1) is 11.5. The molecule has 124 valence electrons. The molecular weight excluding hydrogens is 303 g/mol. The standard InChI is InChI=1S/C19H21FN4/c1-19(2,20)16-8-10-17(11-9-16)24-13-22-18(23-24)15-6-4-14(5-7-15)12-21-3/h4-11,13,21H,12H2,1-3H3. The average Bonchev–Trinajstić information content (AvgIpc) is 3.05. The van der Waals surface area contributed by atoms with Crippen molar-refractivity contribution in [2.45, 2.75) is 26.1 Å². The highest BCUT2D eigenvalue weighted by Crippen LogP contribution is 2.25. The number of hydrogen-bond acceptors (Lipinski definition) is 3. The Morgan fingerprint density at radius 3 is 2.29 bits per heavy atom. The van der Waals surface area contributed by atoms with Gasteiger partial charge in [-0.05, 0) is 44.2 Å². The topological polar surface area (TPSA) is 42.7 Å². The summed E-state index contributed by atoms with van der Waals surface area (Å²) in [6.07, 6.45) is 1.67. The molecule has 0 amide bonds. The molecule has 0 saturated heterocycles. The first-order valence-electron chi connectivity index (χ1n) is 7.93. The zero-order valence-electron chi connectivity index (χ0n) is 14.1. The first-order valence-corrected chi connectivity index (χ1v) is 7.93. The van der Waals surface area contributed by atoms with Crippen LogP contribution in [0.4, 0.5) is 4.39 Å². The summed E-state index contributed by atoms with van der Waals surface area (Å²) < 4.78 is 15.6. The lowest BCUT2D eigenvalue weighted by Crippen LogP contribution is -2.08. The van der Waals surface area contributed by atoms with Crippen LogP contribution in [0.5, 0.6) is 0 Å². The quantitative estimate of drug-likeness (QED) is 0.775. The summed E-state index contributed by atoms with van der Waals surface area (Å²) >= 11 is 0. The van der Waals surface area contributed by atoms with E-state index in [1.807, 2.05) is 31.3 Å². The summed E-state index contributed by atoms with van der Waals surface area (Å²) in [5, 5.41) is 7.64. The molecule has 0 radical (unpaired) electrons. The minimum Gasteiger partial charge on any atom is -0.316 e. The van der Waals surface area contributed by atoms with Gasteiger partial charge >= 0.3 is 0 Å². The van der Waals surface area contributed by atoms with E-state index in [-0.39, 0.29) is 0 Å². The van der Waals surface area contributed by atoms with Gasteiger partial charge in [-0.1, -0.05) is 36.4 Å². The smallest absolute Gasteiger partial charge is 0.181 e. The minimum atomic E-state index is -1.35. The van der Waals surface area contributed by atoms with Crippen molar-refractivity contribution in [3.05, 3.63) is 66.0 Å². The van der Waals surface area contributed by atoms with Gasteiger partial charge in [0.2, 0.25) is 0 Å². The van der Waals surface area contributed by atoms with Crippen LogP contribution >= 0.6 is 0 Å². The van der Waals surface area contributed by atoms with E-state index in [0.717, 1.165) is 17.8 Å². The van der Waals surface area contributed by atoms with Gasteiger partial charge in [-0.2, -0.15) is 0 Å². The van der Waals surface area contributed by atoms with Gasteiger partial charge in [-0.25, -0.2) is 14.1 Å². The number of nitrogens with one attached hydrogen (secondary N) is 1. The molecule has 3 aromatic rings. The van der Waals surface area contributed by atoms with Crippen LogP contribution in [0.3, 0.4) is 0 Å². The Bertz CT molecular complexity index is 799. The van der Waals surface area contributed by atoms with Gasteiger partial charge in [0.1, 0.15) is 12.0 Å². The van der Waals surface area contributed by atoms with Crippen molar-refractivity contribution in [1.29, 1.82) is 0 Å². The molecule has 2 aromatic carbocycles. The van der Waals surface area contributed by atoms with Crippen molar-refractivity contribution >= 4 is 0 Å². The Morgan fingerprint density at radius 2 is 1.71 bits per heavy atom. The van der Waals surface area contributed by atoms with Crippen LogP contribution in [-0.2, 0) is 12.2 Å². The molecule has 0 aliphatic rings. The normalized spacial score (nSPS) is 11.7. The van der Waals surface area contributed by atoms with Crippen molar-refractivity contribution in [2.75, 3.05) is 7.05 Å². The summed E-state index contributed by atoms with van der Waals surface area (Å²) in [6.45, 7) is 3.93. The summed E-state index contributed by atoms with van der Waals surface area (Å²) in [5.74, 6) is 0.668. The zero-order valence-corrected chi connectivity index (χ0v) is 14.1. The molecule has 24 heavy (non-hydrogen) atoms. The van der Waals surface area contributed by atoms with Gasteiger partial charge < -0.3 is 5.32 Å². The molecule has 1 aromatic heterocycles. The maximum absolute atomic E-state index is 13.9. The molecule has 3 rings (SSSR count). The van der Waals surface area contributed by atoms with E-state index in [9.17, 15) is 4.39 Å². The lowest BCUT2D eigenvalue weighted by Gasteiger charge is -2.14. The largest absolute Gasteiger partial charge is 0.316 e. The van der Waals surface area contributed by atoms with E-state index in [1.165, 1.54) is 5.56 Å². The number of hydrogen-bond donors (Lipinski definition) is 1. The molecule has 0 spiro atoms. The van der Waals surface area contributed by atoms with Gasteiger partial charge in [0.15, 0.2) is 5.82 Å². The SMILES string of the molecule is CNCc1ccc(-c2ncn(-c3ccc(C(C)(C)F)cc3)n2)cc1. The van der Waals surface area contributed by atoms with Crippen LogP contribution in [0, 0.1) is 0 Å². The molecule has 1 N–H and O–H groups in total. The number of nitrogens with zero attached hydrogens (tertiary/aromatic N) is 3. The molecule has 0 bridgehead atoms. The van der Waals surface area contributed by atoms with Crippen LogP contribution in [0.15, 0.2) is 54.9 Å². The predicted octanol–water partition coefficient (Wildman–Crippen LogP) is 3.86. The highest BCUT2D eigenvalue weighted by molar-refractivity contribution is 5.55. The lowest BCUT2D eigenvalue weighted by atomic mass is 10.0. The van der Waals surface area contributed by atoms with Crippen LogP contribution < -0.4 is 5.32 Å². The van der Waals surface area contributed by atoms with E-state index in [1.54, 1.807) is 37.0 Å². The van der Waals surface area contributed by atoms with Crippen LogP contribution in [0.1, 0.15) is 25.0 Å². The Balaban J connectivity index is 1.82. The molecule has 0 atom stereocenters. The number of aromatic nitrogens is 3. The third kappa shape index (κ3) is 3.51. The second-order valence-corrected chi connectivity index (χ2v) is 6.26. The lowest BCUT2D eigenvalue weighted by molar-refractivity contribution is 0.221. The molecular formula is C19H21FN4. The third-order valence-electron chi connectivity index (χ3n) is 3.90. The Kier molecular flexibility index (Phi) is 4.44. The minimum absolute atomic E-state index is 0.645. The number of halogens is 1. The van der Waals surface area contributed by atoms with Crippen molar-refractivity contribution in [3.63, 3.8) is 0 Å². The molecule has 0 unspecified atom stereocenters. The highest BCUT2D eigenvalue weighted by atomic mass is 19.1. The second kappa shape index (κ2) is 6.53. The number of rotatable bonds is 5. The van der Waals surface area contributed by atoms with Crippen LogP contribution in [0.25, 0.3) is 17.1 Å². The number of benzene rings is 2. The third-order valence-corrected chi connectivity index (χ3v) is 3.90.